The molecule has 0 heterocycles. The molecule has 1 aromatic carbocycles. The van der Waals surface area contributed by atoms with Crippen molar-refractivity contribution in [2.45, 2.75) is 19.0 Å². The highest BCUT2D eigenvalue weighted by Gasteiger charge is 2.07. The SMILES string of the molecule is COCC(CCCl)NCc1ccc(Cl)c(F)c1. The fourth-order valence-electron chi connectivity index (χ4n) is 1.49. The number of hydrogen-bond donors (Lipinski definition) is 1. The van der Waals surface area contributed by atoms with Gasteiger partial charge in [-0.15, -0.1) is 11.6 Å². The van der Waals surface area contributed by atoms with Crippen molar-refractivity contribution in [3.05, 3.63) is 34.6 Å². The van der Waals surface area contributed by atoms with E-state index in [9.17, 15) is 4.39 Å². The maximum absolute atomic E-state index is 13.2. The molecule has 2 nitrogen and oxygen atoms in total. The van der Waals surface area contributed by atoms with Crippen LogP contribution < -0.4 is 5.32 Å². The molecule has 1 atom stereocenters. The quantitative estimate of drug-likeness (QED) is 0.774. The Morgan fingerprint density at radius 2 is 2.24 bits per heavy atom. The molecule has 0 saturated carbocycles. The highest BCUT2D eigenvalue weighted by molar-refractivity contribution is 6.30. The summed E-state index contributed by atoms with van der Waals surface area (Å²) in [5.74, 6) is 0.169. The minimum absolute atomic E-state index is 0.142. The van der Waals surface area contributed by atoms with Crippen LogP contribution in [0.2, 0.25) is 5.02 Å². The van der Waals surface area contributed by atoms with E-state index in [2.05, 4.69) is 5.32 Å². The zero-order valence-corrected chi connectivity index (χ0v) is 11.2. The van der Waals surface area contributed by atoms with Crippen molar-refractivity contribution in [3.8, 4) is 0 Å². The van der Waals surface area contributed by atoms with Gasteiger partial charge >= 0.3 is 0 Å². The molecule has 0 spiro atoms. The van der Waals surface area contributed by atoms with E-state index in [1.54, 1.807) is 19.2 Å². The van der Waals surface area contributed by atoms with E-state index < -0.39 is 5.82 Å². The maximum Gasteiger partial charge on any atom is 0.142 e. The summed E-state index contributed by atoms with van der Waals surface area (Å²) in [6, 6.07) is 4.96. The second-order valence-corrected chi connectivity index (χ2v) is 4.54. The Balaban J connectivity index is 2.49. The first kappa shape index (κ1) is 14.7. The van der Waals surface area contributed by atoms with Gasteiger partial charge in [0, 0.05) is 25.6 Å². The Morgan fingerprint density at radius 3 is 2.82 bits per heavy atom. The Labute approximate surface area is 111 Å². The Kier molecular flexibility index (Phi) is 6.82. The molecule has 0 aliphatic heterocycles. The van der Waals surface area contributed by atoms with Gasteiger partial charge in [-0.25, -0.2) is 4.39 Å². The standard InChI is InChI=1S/C12H16Cl2FNO/c1-17-8-10(4-5-13)16-7-9-2-3-11(14)12(15)6-9/h2-3,6,10,16H,4-5,7-8H2,1H3. The van der Waals surface area contributed by atoms with E-state index in [0.29, 0.717) is 19.0 Å². The van der Waals surface area contributed by atoms with Crippen LogP contribution in [0.1, 0.15) is 12.0 Å². The van der Waals surface area contributed by atoms with Crippen LogP contribution >= 0.6 is 23.2 Å². The van der Waals surface area contributed by atoms with Crippen LogP contribution in [0.5, 0.6) is 0 Å². The van der Waals surface area contributed by atoms with Gasteiger partial charge in [-0.1, -0.05) is 17.7 Å². The molecule has 1 N–H and O–H groups in total. The Bertz CT molecular complexity index is 343. The summed E-state index contributed by atoms with van der Waals surface area (Å²) in [7, 11) is 1.64. The fourth-order valence-corrected chi connectivity index (χ4v) is 1.87. The van der Waals surface area contributed by atoms with Crippen LogP contribution in [-0.2, 0) is 11.3 Å². The summed E-state index contributed by atoms with van der Waals surface area (Å²) >= 11 is 11.3. The number of ether oxygens (including phenoxy) is 1. The van der Waals surface area contributed by atoms with Gasteiger partial charge in [-0.3, -0.25) is 0 Å². The maximum atomic E-state index is 13.2. The van der Waals surface area contributed by atoms with Crippen LogP contribution in [0.25, 0.3) is 0 Å². The molecule has 5 heteroatoms. The highest BCUT2D eigenvalue weighted by Crippen LogP contribution is 2.15. The number of halogens is 3. The van der Waals surface area contributed by atoms with Crippen LogP contribution in [0.3, 0.4) is 0 Å². The summed E-state index contributed by atoms with van der Waals surface area (Å²) in [4.78, 5) is 0. The summed E-state index contributed by atoms with van der Waals surface area (Å²) in [6.07, 6.45) is 0.811. The number of rotatable bonds is 7. The van der Waals surface area contributed by atoms with Crippen molar-refractivity contribution in [1.29, 1.82) is 0 Å². The summed E-state index contributed by atoms with van der Waals surface area (Å²) < 4.78 is 18.3. The zero-order chi connectivity index (χ0) is 12.7. The predicted molar refractivity (Wildman–Crippen MR) is 69.3 cm³/mol. The van der Waals surface area contributed by atoms with E-state index in [1.165, 1.54) is 6.07 Å². The van der Waals surface area contributed by atoms with Crippen LogP contribution in [0.4, 0.5) is 4.39 Å². The third-order valence-electron chi connectivity index (χ3n) is 2.40. The van der Waals surface area contributed by atoms with Gasteiger partial charge in [0.2, 0.25) is 0 Å². The molecule has 1 unspecified atom stereocenters. The molecular formula is C12H16Cl2FNO. The number of alkyl halides is 1. The monoisotopic (exact) mass is 279 g/mol. The second kappa shape index (κ2) is 7.88. The first-order valence-corrected chi connectivity index (χ1v) is 6.30. The molecule has 0 fully saturated rings. The lowest BCUT2D eigenvalue weighted by Crippen LogP contribution is -2.33. The molecule has 0 aliphatic carbocycles. The molecule has 96 valence electrons. The van der Waals surface area contributed by atoms with E-state index in [0.717, 1.165) is 12.0 Å². The Morgan fingerprint density at radius 1 is 1.47 bits per heavy atom. The van der Waals surface area contributed by atoms with Crippen molar-refractivity contribution in [3.63, 3.8) is 0 Å². The van der Waals surface area contributed by atoms with E-state index >= 15 is 0 Å². The second-order valence-electron chi connectivity index (χ2n) is 3.76. The molecule has 17 heavy (non-hydrogen) atoms. The van der Waals surface area contributed by atoms with Crippen molar-refractivity contribution in [1.82, 2.24) is 5.32 Å². The van der Waals surface area contributed by atoms with E-state index in [-0.39, 0.29) is 11.1 Å². The lowest BCUT2D eigenvalue weighted by Gasteiger charge is -2.16. The minimum atomic E-state index is -0.397. The Hall–Kier alpha value is -0.350. The minimum Gasteiger partial charge on any atom is -0.383 e. The molecule has 1 rings (SSSR count). The van der Waals surface area contributed by atoms with Crippen molar-refractivity contribution in [2.24, 2.45) is 0 Å². The molecular weight excluding hydrogens is 264 g/mol. The lowest BCUT2D eigenvalue weighted by molar-refractivity contribution is 0.164. The molecule has 0 aliphatic rings. The molecule has 0 aromatic heterocycles. The molecule has 0 bridgehead atoms. The van der Waals surface area contributed by atoms with Gasteiger partial charge in [-0.2, -0.15) is 0 Å². The number of nitrogens with one attached hydrogen (secondary N) is 1. The van der Waals surface area contributed by atoms with E-state index in [4.69, 9.17) is 27.9 Å². The summed E-state index contributed by atoms with van der Waals surface area (Å²) in [6.45, 7) is 1.15. The van der Waals surface area contributed by atoms with E-state index in [1.807, 2.05) is 0 Å². The third kappa shape index (κ3) is 5.21. The summed E-state index contributed by atoms with van der Waals surface area (Å²) in [5.41, 5.74) is 0.850. The first-order valence-electron chi connectivity index (χ1n) is 5.39. The van der Waals surface area contributed by atoms with Crippen molar-refractivity contribution in [2.75, 3.05) is 19.6 Å². The van der Waals surface area contributed by atoms with Crippen LogP contribution in [-0.4, -0.2) is 25.6 Å². The lowest BCUT2D eigenvalue weighted by atomic mass is 10.2. The average molecular weight is 280 g/mol. The third-order valence-corrected chi connectivity index (χ3v) is 2.93. The number of hydrogen-bond acceptors (Lipinski definition) is 2. The van der Waals surface area contributed by atoms with Gasteiger partial charge < -0.3 is 10.1 Å². The van der Waals surface area contributed by atoms with Crippen molar-refractivity contribution < 1.29 is 9.13 Å². The fraction of sp³-hybridized carbons (Fsp3) is 0.500. The normalized spacial score (nSPS) is 12.7. The number of methoxy groups -OCH3 is 1. The predicted octanol–water partition coefficient (Wildman–Crippen LogP) is 3.21. The van der Waals surface area contributed by atoms with Crippen LogP contribution in [0.15, 0.2) is 18.2 Å². The molecule has 0 saturated heterocycles. The summed E-state index contributed by atoms with van der Waals surface area (Å²) in [5, 5.41) is 3.41. The largest absolute Gasteiger partial charge is 0.383 e. The zero-order valence-electron chi connectivity index (χ0n) is 9.68. The number of benzene rings is 1. The highest BCUT2D eigenvalue weighted by atomic mass is 35.5. The topological polar surface area (TPSA) is 21.3 Å². The van der Waals surface area contributed by atoms with Gasteiger partial charge in [0.1, 0.15) is 5.82 Å². The first-order chi connectivity index (χ1) is 8.17. The van der Waals surface area contributed by atoms with Gasteiger partial charge in [0.05, 0.1) is 11.6 Å². The molecule has 0 radical (unpaired) electrons. The van der Waals surface area contributed by atoms with Gasteiger partial charge in [0.15, 0.2) is 0 Å². The average Bonchev–Trinajstić information content (AvgIpc) is 2.31. The molecule has 0 amide bonds. The molecule has 1 aromatic rings. The van der Waals surface area contributed by atoms with Crippen LogP contribution in [0, 0.1) is 5.82 Å². The van der Waals surface area contributed by atoms with Gasteiger partial charge in [0.25, 0.3) is 0 Å². The smallest absolute Gasteiger partial charge is 0.142 e. The van der Waals surface area contributed by atoms with Gasteiger partial charge in [-0.05, 0) is 24.1 Å². The van der Waals surface area contributed by atoms with Crippen molar-refractivity contribution >= 4 is 23.2 Å².